The van der Waals surface area contributed by atoms with Gasteiger partial charge in [-0.1, -0.05) is 5.16 Å². The van der Waals surface area contributed by atoms with E-state index in [-0.39, 0.29) is 28.9 Å². The molecule has 0 amide bonds. The molecule has 1 aromatic heterocycles. The lowest BCUT2D eigenvalue weighted by atomic mass is 10.2. The second-order valence-corrected chi connectivity index (χ2v) is 6.82. The van der Waals surface area contributed by atoms with Gasteiger partial charge in [0.25, 0.3) is 0 Å². The monoisotopic (exact) mass is 361 g/mol. The summed E-state index contributed by atoms with van der Waals surface area (Å²) in [5.74, 6) is 0.769. The molecule has 0 saturated carbocycles. The van der Waals surface area contributed by atoms with E-state index >= 15 is 0 Å². The number of nitrogens with two attached hydrogens (primary N) is 1. The van der Waals surface area contributed by atoms with E-state index in [1.54, 1.807) is 6.07 Å². The molecule has 0 aliphatic heterocycles. The summed E-state index contributed by atoms with van der Waals surface area (Å²) in [5, 5.41) is 3.75. The standard InChI is InChI=1S/C11H12BrN3O4S/c1-18-10-7(12)3-6(4-8(10)20(2,16)17)11-14-9(5-13)19-15-11/h3-4H,5,13H2,1-2H3. The van der Waals surface area contributed by atoms with Gasteiger partial charge >= 0.3 is 0 Å². The van der Waals surface area contributed by atoms with Gasteiger partial charge in [-0.05, 0) is 28.1 Å². The van der Waals surface area contributed by atoms with Crippen molar-refractivity contribution in [3.63, 3.8) is 0 Å². The summed E-state index contributed by atoms with van der Waals surface area (Å²) in [6.45, 7) is 0.114. The van der Waals surface area contributed by atoms with Gasteiger partial charge in [0.15, 0.2) is 15.6 Å². The van der Waals surface area contributed by atoms with Gasteiger partial charge < -0.3 is 15.0 Å². The Morgan fingerprint density at radius 3 is 2.65 bits per heavy atom. The third-order valence-corrected chi connectivity index (χ3v) is 4.21. The molecule has 0 radical (unpaired) electrons. The molecular formula is C11H12BrN3O4S. The van der Waals surface area contributed by atoms with E-state index in [2.05, 4.69) is 26.1 Å². The number of benzene rings is 1. The SMILES string of the molecule is COc1c(Br)cc(-c2noc(CN)n2)cc1S(C)(=O)=O. The van der Waals surface area contributed by atoms with Crippen LogP contribution >= 0.6 is 15.9 Å². The molecule has 0 aliphatic carbocycles. The molecule has 20 heavy (non-hydrogen) atoms. The largest absolute Gasteiger partial charge is 0.494 e. The fraction of sp³-hybridized carbons (Fsp3) is 0.273. The molecule has 0 unspecified atom stereocenters. The average Bonchev–Trinajstić information content (AvgIpc) is 2.85. The van der Waals surface area contributed by atoms with Crippen LogP contribution in [0.5, 0.6) is 5.75 Å². The number of rotatable bonds is 4. The molecule has 0 saturated heterocycles. The van der Waals surface area contributed by atoms with Gasteiger partial charge in [-0.25, -0.2) is 8.42 Å². The number of hydrogen-bond donors (Lipinski definition) is 1. The van der Waals surface area contributed by atoms with Gasteiger partial charge in [0.1, 0.15) is 4.90 Å². The molecule has 2 N–H and O–H groups in total. The van der Waals surface area contributed by atoms with Crippen molar-refractivity contribution in [2.24, 2.45) is 5.73 Å². The molecule has 9 heteroatoms. The number of methoxy groups -OCH3 is 1. The highest BCUT2D eigenvalue weighted by atomic mass is 79.9. The van der Waals surface area contributed by atoms with Crippen LogP contribution < -0.4 is 10.5 Å². The van der Waals surface area contributed by atoms with Crippen LogP contribution in [0.15, 0.2) is 26.0 Å². The van der Waals surface area contributed by atoms with Gasteiger partial charge in [-0.2, -0.15) is 4.98 Å². The summed E-state index contributed by atoms with van der Waals surface area (Å²) in [4.78, 5) is 4.10. The fourth-order valence-electron chi connectivity index (χ4n) is 1.63. The zero-order chi connectivity index (χ0) is 14.9. The molecule has 0 atom stereocenters. The van der Waals surface area contributed by atoms with Gasteiger partial charge in [-0.15, -0.1) is 0 Å². The molecule has 0 spiro atoms. The van der Waals surface area contributed by atoms with Crippen LogP contribution in [0, 0.1) is 0 Å². The second-order valence-electron chi connectivity index (χ2n) is 3.98. The van der Waals surface area contributed by atoms with Crippen molar-refractivity contribution in [3.05, 3.63) is 22.5 Å². The van der Waals surface area contributed by atoms with E-state index in [0.717, 1.165) is 6.26 Å². The van der Waals surface area contributed by atoms with Crippen molar-refractivity contribution in [2.45, 2.75) is 11.4 Å². The third kappa shape index (κ3) is 2.84. The highest BCUT2D eigenvalue weighted by Crippen LogP contribution is 2.36. The Labute approximate surface area is 124 Å². The van der Waals surface area contributed by atoms with E-state index in [0.29, 0.717) is 10.0 Å². The number of nitrogens with zero attached hydrogens (tertiary/aromatic N) is 2. The summed E-state index contributed by atoms with van der Waals surface area (Å²) in [5.41, 5.74) is 5.88. The normalized spacial score (nSPS) is 11.6. The molecule has 0 aliphatic rings. The Hall–Kier alpha value is -1.45. The van der Waals surface area contributed by atoms with Crippen LogP contribution in [0.25, 0.3) is 11.4 Å². The molecule has 108 valence electrons. The first-order valence-electron chi connectivity index (χ1n) is 5.47. The summed E-state index contributed by atoms with van der Waals surface area (Å²) in [6.07, 6.45) is 1.10. The number of hydrogen-bond acceptors (Lipinski definition) is 7. The second kappa shape index (κ2) is 5.51. The first kappa shape index (κ1) is 14.9. The Kier molecular flexibility index (Phi) is 4.11. The minimum Gasteiger partial charge on any atom is -0.494 e. The van der Waals surface area contributed by atoms with E-state index in [4.69, 9.17) is 15.0 Å². The maximum absolute atomic E-state index is 11.8. The molecule has 0 bridgehead atoms. The predicted molar refractivity (Wildman–Crippen MR) is 75.0 cm³/mol. The lowest BCUT2D eigenvalue weighted by Gasteiger charge is -2.10. The first-order chi connectivity index (χ1) is 9.36. The molecule has 1 heterocycles. The van der Waals surface area contributed by atoms with E-state index < -0.39 is 9.84 Å². The average molecular weight is 362 g/mol. The summed E-state index contributed by atoms with van der Waals surface area (Å²) in [6, 6.07) is 3.09. The quantitative estimate of drug-likeness (QED) is 0.875. The van der Waals surface area contributed by atoms with Gasteiger partial charge in [-0.3, -0.25) is 0 Å². The molecule has 2 rings (SSSR count). The van der Waals surface area contributed by atoms with Crippen molar-refractivity contribution >= 4 is 25.8 Å². The van der Waals surface area contributed by atoms with Crippen LogP contribution in [0.2, 0.25) is 0 Å². The lowest BCUT2D eigenvalue weighted by Crippen LogP contribution is -2.02. The number of aromatic nitrogens is 2. The predicted octanol–water partition coefficient (Wildman–Crippen LogP) is 1.37. The number of halogens is 1. The lowest BCUT2D eigenvalue weighted by molar-refractivity contribution is 0.380. The van der Waals surface area contributed by atoms with Crippen molar-refractivity contribution in [2.75, 3.05) is 13.4 Å². The molecule has 1 aromatic carbocycles. The van der Waals surface area contributed by atoms with Crippen molar-refractivity contribution in [3.8, 4) is 17.1 Å². The molecule has 7 nitrogen and oxygen atoms in total. The Morgan fingerprint density at radius 1 is 1.45 bits per heavy atom. The van der Waals surface area contributed by atoms with Gasteiger partial charge in [0.05, 0.1) is 18.1 Å². The third-order valence-electron chi connectivity index (χ3n) is 2.51. The minimum absolute atomic E-state index is 0.0449. The molecule has 0 fully saturated rings. The van der Waals surface area contributed by atoms with Crippen LogP contribution in [-0.2, 0) is 16.4 Å². The maximum Gasteiger partial charge on any atom is 0.240 e. The molecule has 2 aromatic rings. The highest BCUT2D eigenvalue weighted by Gasteiger charge is 2.20. The zero-order valence-electron chi connectivity index (χ0n) is 10.8. The summed E-state index contributed by atoms with van der Waals surface area (Å²) in [7, 11) is -2.07. The van der Waals surface area contributed by atoms with Crippen LogP contribution in [0.1, 0.15) is 5.89 Å². The zero-order valence-corrected chi connectivity index (χ0v) is 13.2. The van der Waals surface area contributed by atoms with Crippen LogP contribution in [-0.4, -0.2) is 31.9 Å². The van der Waals surface area contributed by atoms with Gasteiger partial charge in [0, 0.05) is 11.8 Å². The summed E-state index contributed by atoms with van der Waals surface area (Å²) >= 11 is 3.27. The Balaban J connectivity index is 2.65. The number of ether oxygens (including phenoxy) is 1. The maximum atomic E-state index is 11.8. The topological polar surface area (TPSA) is 108 Å². The Bertz CT molecular complexity index is 742. The van der Waals surface area contributed by atoms with Gasteiger partial charge in [0.2, 0.25) is 11.7 Å². The molecular weight excluding hydrogens is 350 g/mol. The Morgan fingerprint density at radius 2 is 2.15 bits per heavy atom. The van der Waals surface area contributed by atoms with Crippen LogP contribution in [0.4, 0.5) is 0 Å². The summed E-state index contributed by atoms with van der Waals surface area (Å²) < 4.78 is 34.2. The van der Waals surface area contributed by atoms with E-state index in [1.807, 2.05) is 0 Å². The minimum atomic E-state index is -3.46. The van der Waals surface area contributed by atoms with Crippen molar-refractivity contribution < 1.29 is 17.7 Å². The smallest absolute Gasteiger partial charge is 0.240 e. The number of sulfone groups is 1. The fourth-order valence-corrected chi connectivity index (χ4v) is 3.25. The highest BCUT2D eigenvalue weighted by molar-refractivity contribution is 9.10. The van der Waals surface area contributed by atoms with Crippen LogP contribution in [0.3, 0.4) is 0 Å². The first-order valence-corrected chi connectivity index (χ1v) is 8.16. The van der Waals surface area contributed by atoms with Crippen molar-refractivity contribution in [1.29, 1.82) is 0 Å². The van der Waals surface area contributed by atoms with Crippen molar-refractivity contribution in [1.82, 2.24) is 10.1 Å². The van der Waals surface area contributed by atoms with E-state index in [1.165, 1.54) is 13.2 Å². The van der Waals surface area contributed by atoms with E-state index in [9.17, 15) is 8.42 Å².